The molecule has 10 heteroatoms. The fourth-order valence-corrected chi connectivity index (χ4v) is 4.46. The fourth-order valence-electron chi connectivity index (χ4n) is 4.46. The zero-order valence-corrected chi connectivity index (χ0v) is 23.5. The molecule has 1 aliphatic heterocycles. The third-order valence-corrected chi connectivity index (χ3v) is 6.66. The molecule has 0 saturated carbocycles. The van der Waals surface area contributed by atoms with Gasteiger partial charge >= 0.3 is 0 Å². The number of benzene rings is 2. The summed E-state index contributed by atoms with van der Waals surface area (Å²) in [5, 5.41) is 23.0. The number of aromatic hydroxyl groups is 1. The molecule has 3 aromatic rings. The van der Waals surface area contributed by atoms with E-state index in [0.29, 0.717) is 35.6 Å². The predicted octanol–water partition coefficient (Wildman–Crippen LogP) is 3.79. The summed E-state index contributed by atoms with van der Waals surface area (Å²) in [7, 11) is 0. The van der Waals surface area contributed by atoms with Gasteiger partial charge in [-0.05, 0) is 67.8 Å². The molecule has 0 aliphatic carbocycles. The van der Waals surface area contributed by atoms with Crippen molar-refractivity contribution in [3.05, 3.63) is 89.2 Å². The molecule has 2 aromatic carbocycles. The number of carbonyl (C=O) groups excluding carboxylic acids is 3. The molecule has 1 aliphatic rings. The van der Waals surface area contributed by atoms with E-state index >= 15 is 0 Å². The number of rotatable bonds is 9. The molecule has 0 spiro atoms. The van der Waals surface area contributed by atoms with Crippen molar-refractivity contribution in [3.63, 3.8) is 0 Å². The first-order valence-electron chi connectivity index (χ1n) is 13.3. The first-order chi connectivity index (χ1) is 18.8. The second-order valence-corrected chi connectivity index (χ2v) is 10.2. The van der Waals surface area contributed by atoms with Gasteiger partial charge in [-0.3, -0.25) is 19.4 Å². The number of ketones is 1. The van der Waals surface area contributed by atoms with E-state index in [2.05, 4.69) is 40.1 Å². The van der Waals surface area contributed by atoms with Crippen LogP contribution in [-0.2, 0) is 0 Å². The third-order valence-electron chi connectivity index (χ3n) is 6.66. The van der Waals surface area contributed by atoms with Crippen molar-refractivity contribution in [2.45, 2.75) is 38.8 Å². The zero-order valence-electron chi connectivity index (χ0n) is 22.6. The van der Waals surface area contributed by atoms with Gasteiger partial charge in [0, 0.05) is 47.9 Å². The molecular formula is C30H36ClN5O4. The minimum Gasteiger partial charge on any atom is -0.507 e. The fraction of sp³-hybridized carbons (Fsp3) is 0.333. The Morgan fingerprint density at radius 1 is 0.925 bits per heavy atom. The van der Waals surface area contributed by atoms with E-state index in [1.807, 2.05) is 0 Å². The standard InChI is InChI=1S/C30H35N5O4.ClH/c1-19(2)17-33-23-9-10-27(36)24(16-23)28(37)20-5-7-21(8-6-20)29(38)34-25-4-3-13-32-18-26(25)35-30(39)22-11-14-31-15-12-22;/h5-12,14-16,19,25-26,32-33,36H,3-4,13,17-18H2,1-2H3,(H,34,38)(H,35,39);1H/t25-,26-;/m1./s1. The molecule has 1 saturated heterocycles. The molecule has 5 N–H and O–H groups in total. The topological polar surface area (TPSA) is 132 Å². The summed E-state index contributed by atoms with van der Waals surface area (Å²) in [6.07, 6.45) is 4.69. The number of anilines is 1. The first kappa shape index (κ1) is 30.6. The van der Waals surface area contributed by atoms with E-state index in [9.17, 15) is 19.5 Å². The quantitative estimate of drug-likeness (QED) is 0.197. The molecule has 212 valence electrons. The number of hydrogen-bond donors (Lipinski definition) is 5. The Morgan fingerprint density at radius 3 is 2.23 bits per heavy atom. The zero-order chi connectivity index (χ0) is 27.8. The third kappa shape index (κ3) is 8.03. The minimum atomic E-state index is -0.332. The highest BCUT2D eigenvalue weighted by atomic mass is 35.5. The number of phenols is 1. The van der Waals surface area contributed by atoms with Gasteiger partial charge in [0.05, 0.1) is 17.6 Å². The van der Waals surface area contributed by atoms with Crippen LogP contribution in [0.15, 0.2) is 67.0 Å². The molecular weight excluding hydrogens is 530 g/mol. The van der Waals surface area contributed by atoms with Crippen molar-refractivity contribution in [2.24, 2.45) is 5.92 Å². The van der Waals surface area contributed by atoms with Gasteiger partial charge in [0.1, 0.15) is 5.75 Å². The van der Waals surface area contributed by atoms with E-state index in [4.69, 9.17) is 0 Å². The largest absolute Gasteiger partial charge is 0.507 e. The summed E-state index contributed by atoms with van der Waals surface area (Å²) in [4.78, 5) is 42.9. The lowest BCUT2D eigenvalue weighted by atomic mass is 9.99. The van der Waals surface area contributed by atoms with Crippen molar-refractivity contribution in [1.29, 1.82) is 0 Å². The molecule has 1 fully saturated rings. The average Bonchev–Trinajstić information content (AvgIpc) is 3.17. The Morgan fingerprint density at radius 2 is 1.55 bits per heavy atom. The second-order valence-electron chi connectivity index (χ2n) is 10.2. The highest BCUT2D eigenvalue weighted by Gasteiger charge is 2.27. The highest BCUT2D eigenvalue weighted by molar-refractivity contribution is 6.11. The Labute approximate surface area is 240 Å². The highest BCUT2D eigenvalue weighted by Crippen LogP contribution is 2.25. The lowest BCUT2D eigenvalue weighted by molar-refractivity contribution is 0.0882. The lowest BCUT2D eigenvalue weighted by Crippen LogP contribution is -2.54. The number of phenolic OH excluding ortho intramolecular Hbond substituents is 1. The molecule has 2 amide bonds. The second kappa shape index (κ2) is 14.4. The summed E-state index contributed by atoms with van der Waals surface area (Å²) in [5.74, 6) is -0.509. The number of pyridine rings is 1. The number of amides is 2. The maximum absolute atomic E-state index is 13.1. The van der Waals surface area contributed by atoms with Gasteiger partial charge < -0.3 is 26.4 Å². The number of hydrogen-bond acceptors (Lipinski definition) is 7. The van der Waals surface area contributed by atoms with Crippen LogP contribution in [0.25, 0.3) is 0 Å². The smallest absolute Gasteiger partial charge is 0.251 e. The molecule has 0 unspecified atom stereocenters. The molecule has 0 bridgehead atoms. The minimum absolute atomic E-state index is 0. The van der Waals surface area contributed by atoms with E-state index < -0.39 is 0 Å². The molecule has 2 atom stereocenters. The summed E-state index contributed by atoms with van der Waals surface area (Å²) < 4.78 is 0. The van der Waals surface area contributed by atoms with E-state index in [1.165, 1.54) is 6.07 Å². The van der Waals surface area contributed by atoms with Gasteiger partial charge in [0.15, 0.2) is 5.78 Å². The van der Waals surface area contributed by atoms with Gasteiger partial charge in [0.2, 0.25) is 0 Å². The van der Waals surface area contributed by atoms with Crippen LogP contribution in [-0.4, -0.2) is 59.4 Å². The summed E-state index contributed by atoms with van der Waals surface area (Å²) in [6.45, 7) is 6.24. The van der Waals surface area contributed by atoms with Crippen LogP contribution in [0.3, 0.4) is 0 Å². The van der Waals surface area contributed by atoms with Gasteiger partial charge in [0.25, 0.3) is 11.8 Å². The Kier molecular flexibility index (Phi) is 11.0. The van der Waals surface area contributed by atoms with Crippen molar-refractivity contribution in [2.75, 3.05) is 25.0 Å². The summed E-state index contributed by atoms with van der Waals surface area (Å²) in [5.41, 5.74) is 2.22. The van der Waals surface area contributed by atoms with Crippen LogP contribution in [0.1, 0.15) is 63.3 Å². The Bertz CT molecular complexity index is 1300. The predicted molar refractivity (Wildman–Crippen MR) is 157 cm³/mol. The first-order valence-corrected chi connectivity index (χ1v) is 13.3. The number of carbonyl (C=O) groups is 3. The van der Waals surface area contributed by atoms with Crippen molar-refractivity contribution >= 4 is 35.7 Å². The molecule has 40 heavy (non-hydrogen) atoms. The number of nitrogens with one attached hydrogen (secondary N) is 4. The Balaban J connectivity index is 0.00000441. The number of nitrogens with zero attached hydrogens (tertiary/aromatic N) is 1. The van der Waals surface area contributed by atoms with Crippen molar-refractivity contribution < 1.29 is 19.5 Å². The van der Waals surface area contributed by atoms with Gasteiger partial charge in [-0.15, -0.1) is 12.4 Å². The molecule has 1 aromatic heterocycles. The maximum Gasteiger partial charge on any atom is 0.251 e. The van der Waals surface area contributed by atoms with Crippen LogP contribution in [0.5, 0.6) is 5.75 Å². The molecule has 4 rings (SSSR count). The van der Waals surface area contributed by atoms with Crippen LogP contribution < -0.4 is 21.3 Å². The van der Waals surface area contributed by atoms with Gasteiger partial charge in [-0.1, -0.05) is 26.0 Å². The van der Waals surface area contributed by atoms with Crippen molar-refractivity contribution in [1.82, 2.24) is 20.9 Å². The average molecular weight is 566 g/mol. The molecule has 9 nitrogen and oxygen atoms in total. The normalized spacial score (nSPS) is 16.8. The van der Waals surface area contributed by atoms with E-state index in [0.717, 1.165) is 25.2 Å². The number of halogens is 1. The van der Waals surface area contributed by atoms with E-state index in [-0.39, 0.29) is 53.4 Å². The van der Waals surface area contributed by atoms with Crippen LogP contribution in [0.4, 0.5) is 5.69 Å². The Hall–Kier alpha value is -3.95. The van der Waals surface area contributed by atoms with Crippen LogP contribution in [0, 0.1) is 5.92 Å². The number of aromatic nitrogens is 1. The van der Waals surface area contributed by atoms with Crippen molar-refractivity contribution in [3.8, 4) is 5.75 Å². The monoisotopic (exact) mass is 565 g/mol. The maximum atomic E-state index is 13.1. The SMILES string of the molecule is CC(C)CNc1ccc(O)c(C(=O)c2ccc(C(=O)N[C@@H]3CCCNC[C@H]3NC(=O)c3ccncc3)cc2)c1.Cl. The molecule has 0 radical (unpaired) electrons. The van der Waals surface area contributed by atoms with Crippen LogP contribution >= 0.6 is 12.4 Å². The van der Waals surface area contributed by atoms with Crippen LogP contribution in [0.2, 0.25) is 0 Å². The van der Waals surface area contributed by atoms with Gasteiger partial charge in [-0.2, -0.15) is 0 Å². The van der Waals surface area contributed by atoms with E-state index in [1.54, 1.807) is 60.9 Å². The summed E-state index contributed by atoms with van der Waals surface area (Å²) in [6, 6.07) is 14.0. The van der Waals surface area contributed by atoms with Gasteiger partial charge in [-0.25, -0.2) is 0 Å². The molecule has 2 heterocycles. The summed E-state index contributed by atoms with van der Waals surface area (Å²) >= 11 is 0. The lowest BCUT2D eigenvalue weighted by Gasteiger charge is -2.27.